The van der Waals surface area contributed by atoms with Gasteiger partial charge < -0.3 is 29.3 Å². The van der Waals surface area contributed by atoms with E-state index < -0.39 is 8.41 Å². The number of fused-ring (bicyclic) bond motifs is 1. The molecule has 9 nitrogen and oxygen atoms in total. The van der Waals surface area contributed by atoms with Crippen LogP contribution in [0.2, 0.25) is 18.6 Å². The first-order valence-electron chi connectivity index (χ1n) is 13.2. The Morgan fingerprint density at radius 1 is 1.43 bits per heavy atom. The summed E-state index contributed by atoms with van der Waals surface area (Å²) in [6, 6.07) is 5.63. The first-order valence-corrected chi connectivity index (χ1v) is 16.2. The topological polar surface area (TPSA) is 111 Å². The van der Waals surface area contributed by atoms with Gasteiger partial charge in [-0.15, -0.1) is 5.10 Å². The standard InChI is InChI=1S/C26H40FN5O4Si/c1-17-24(35-2)21-14-19(29-26(34)18-6-5-11-28-15-18)7-8-22(21)36-25(17)23(37(3,4)27)9-12-32-16-20(10-13-33)30-31-32/h7-8,14,16-18,23-25,28,33H,5-6,9-13,15H2,1-4H3,(H,29,34)/t17-,18?,23?,24-,25-/m0/s1. The lowest BCUT2D eigenvalue weighted by Crippen LogP contribution is -2.46. The fourth-order valence-electron chi connectivity index (χ4n) is 5.62. The smallest absolute Gasteiger partial charge is 0.247 e. The molecule has 0 bridgehead atoms. The molecule has 1 aromatic heterocycles. The van der Waals surface area contributed by atoms with E-state index in [9.17, 15) is 4.79 Å². The van der Waals surface area contributed by atoms with Crippen LogP contribution in [0.3, 0.4) is 0 Å². The van der Waals surface area contributed by atoms with Crippen molar-refractivity contribution in [3.8, 4) is 5.75 Å². The zero-order chi connectivity index (χ0) is 26.6. The molecule has 1 fully saturated rings. The average molecular weight is 534 g/mol. The van der Waals surface area contributed by atoms with Crippen molar-refractivity contribution in [2.75, 3.05) is 32.1 Å². The maximum Gasteiger partial charge on any atom is 0.247 e. The van der Waals surface area contributed by atoms with Crippen molar-refractivity contribution < 1.29 is 23.5 Å². The Morgan fingerprint density at radius 3 is 2.92 bits per heavy atom. The summed E-state index contributed by atoms with van der Waals surface area (Å²) in [5.41, 5.74) is 2.01. The Kier molecular flexibility index (Phi) is 8.99. The molecular formula is C26H40FN5O4Si. The molecule has 204 valence electrons. The second kappa shape index (κ2) is 12.0. The van der Waals surface area contributed by atoms with Crippen LogP contribution in [0, 0.1) is 11.8 Å². The minimum absolute atomic E-state index is 0.0141. The van der Waals surface area contributed by atoms with E-state index in [-0.39, 0.29) is 42.1 Å². The van der Waals surface area contributed by atoms with Gasteiger partial charge in [-0.2, -0.15) is 0 Å². The van der Waals surface area contributed by atoms with Gasteiger partial charge in [-0.3, -0.25) is 9.48 Å². The van der Waals surface area contributed by atoms with Crippen molar-refractivity contribution in [2.45, 2.75) is 70.0 Å². The highest BCUT2D eigenvalue weighted by Gasteiger charge is 2.47. The molecule has 2 aromatic rings. The van der Waals surface area contributed by atoms with Gasteiger partial charge in [0.1, 0.15) is 11.9 Å². The number of rotatable bonds is 10. The minimum atomic E-state index is -3.14. The summed E-state index contributed by atoms with van der Waals surface area (Å²) in [5, 5.41) is 23.7. The molecule has 2 unspecified atom stereocenters. The van der Waals surface area contributed by atoms with Crippen LogP contribution in [0.5, 0.6) is 5.75 Å². The highest BCUT2D eigenvalue weighted by Crippen LogP contribution is 2.48. The summed E-state index contributed by atoms with van der Waals surface area (Å²) < 4.78 is 29.8. The summed E-state index contributed by atoms with van der Waals surface area (Å²) in [4.78, 5) is 12.8. The minimum Gasteiger partial charge on any atom is -0.490 e. The number of ether oxygens (including phenoxy) is 2. The van der Waals surface area contributed by atoms with E-state index in [1.165, 1.54) is 0 Å². The molecule has 3 heterocycles. The van der Waals surface area contributed by atoms with Gasteiger partial charge in [0, 0.05) is 62.1 Å². The predicted octanol–water partition coefficient (Wildman–Crippen LogP) is 3.47. The number of benzene rings is 1. The number of aryl methyl sites for hydroxylation is 1. The third kappa shape index (κ3) is 6.57. The van der Waals surface area contributed by atoms with Crippen LogP contribution in [0.15, 0.2) is 24.4 Å². The maximum atomic E-state index is 15.7. The number of carbonyl (C=O) groups excluding carboxylic acids is 1. The fraction of sp³-hybridized carbons (Fsp3) is 0.654. The number of hydrogen-bond acceptors (Lipinski definition) is 7. The first kappa shape index (κ1) is 27.7. The van der Waals surface area contributed by atoms with Crippen LogP contribution in [0.1, 0.15) is 43.5 Å². The molecule has 1 aromatic carbocycles. The normalized spacial score (nSPS) is 24.7. The van der Waals surface area contributed by atoms with Crippen molar-refractivity contribution in [3.63, 3.8) is 0 Å². The molecule has 5 atom stereocenters. The van der Waals surface area contributed by atoms with Gasteiger partial charge in [-0.1, -0.05) is 12.1 Å². The van der Waals surface area contributed by atoms with Gasteiger partial charge in [0.05, 0.1) is 17.7 Å². The third-order valence-corrected chi connectivity index (χ3v) is 10.0. The van der Waals surface area contributed by atoms with E-state index in [4.69, 9.17) is 14.6 Å². The molecule has 1 amide bonds. The first-order chi connectivity index (χ1) is 17.7. The van der Waals surface area contributed by atoms with Crippen LogP contribution in [-0.4, -0.2) is 67.3 Å². The average Bonchev–Trinajstić information content (AvgIpc) is 3.32. The number of anilines is 1. The second-order valence-electron chi connectivity index (χ2n) is 10.8. The van der Waals surface area contributed by atoms with Gasteiger partial charge in [0.15, 0.2) is 0 Å². The summed E-state index contributed by atoms with van der Waals surface area (Å²) in [6.07, 6.45) is 4.04. The number of halogens is 1. The molecule has 0 spiro atoms. The molecule has 3 N–H and O–H groups in total. The lowest BCUT2D eigenvalue weighted by molar-refractivity contribution is -0.120. The van der Waals surface area contributed by atoms with Crippen molar-refractivity contribution in [1.29, 1.82) is 0 Å². The van der Waals surface area contributed by atoms with Crippen molar-refractivity contribution in [3.05, 3.63) is 35.7 Å². The van der Waals surface area contributed by atoms with E-state index in [0.29, 0.717) is 43.1 Å². The van der Waals surface area contributed by atoms with Crippen molar-refractivity contribution in [1.82, 2.24) is 20.3 Å². The fourth-order valence-corrected chi connectivity index (χ4v) is 7.59. The Bertz CT molecular complexity index is 1060. The highest BCUT2D eigenvalue weighted by atomic mass is 28.4. The number of piperidine rings is 1. The molecule has 37 heavy (non-hydrogen) atoms. The number of methoxy groups -OCH3 is 1. The lowest BCUT2D eigenvalue weighted by Gasteiger charge is -2.43. The van der Waals surface area contributed by atoms with E-state index in [0.717, 1.165) is 24.9 Å². The molecule has 2 aliphatic rings. The molecular weight excluding hydrogens is 493 g/mol. The number of amides is 1. The number of nitrogens with one attached hydrogen (secondary N) is 2. The molecule has 11 heteroatoms. The predicted molar refractivity (Wildman–Crippen MR) is 142 cm³/mol. The molecule has 2 aliphatic heterocycles. The van der Waals surface area contributed by atoms with E-state index in [1.54, 1.807) is 31.1 Å². The van der Waals surface area contributed by atoms with Gasteiger partial charge in [-0.05, 0) is 57.1 Å². The Hall–Kier alpha value is -2.34. The van der Waals surface area contributed by atoms with Crippen LogP contribution >= 0.6 is 0 Å². The quantitative estimate of drug-likeness (QED) is 0.317. The third-order valence-electron chi connectivity index (χ3n) is 7.67. The van der Waals surface area contributed by atoms with Crippen LogP contribution in [0.25, 0.3) is 0 Å². The van der Waals surface area contributed by atoms with Crippen LogP contribution in [0.4, 0.5) is 9.80 Å². The van der Waals surface area contributed by atoms with E-state index in [1.807, 2.05) is 25.1 Å². The number of aliphatic hydroxyl groups is 1. The van der Waals surface area contributed by atoms with Crippen LogP contribution < -0.4 is 15.4 Å². The summed E-state index contributed by atoms with van der Waals surface area (Å²) in [6.45, 7) is 7.67. The molecule has 4 rings (SSSR count). The van der Waals surface area contributed by atoms with Gasteiger partial charge >= 0.3 is 0 Å². The van der Waals surface area contributed by atoms with Gasteiger partial charge in [-0.25, -0.2) is 0 Å². The number of aromatic nitrogens is 3. The van der Waals surface area contributed by atoms with E-state index in [2.05, 4.69) is 20.9 Å². The van der Waals surface area contributed by atoms with Crippen LogP contribution in [-0.2, 0) is 22.5 Å². The van der Waals surface area contributed by atoms with E-state index >= 15 is 4.11 Å². The molecule has 0 saturated carbocycles. The van der Waals surface area contributed by atoms with Crippen molar-refractivity contribution in [2.24, 2.45) is 11.8 Å². The molecule has 0 aliphatic carbocycles. The highest BCUT2D eigenvalue weighted by molar-refractivity contribution is 6.72. The Morgan fingerprint density at radius 2 is 2.24 bits per heavy atom. The zero-order valence-corrected chi connectivity index (χ0v) is 23.2. The second-order valence-corrected chi connectivity index (χ2v) is 14.7. The summed E-state index contributed by atoms with van der Waals surface area (Å²) in [7, 11) is -1.47. The summed E-state index contributed by atoms with van der Waals surface area (Å²) in [5.74, 6) is 0.551. The SMILES string of the molecule is CO[C@@H]1c2cc(NC(=O)C3CCCNC3)ccc2O[C@H](C(CCn2cc(CCO)nn2)[Si](C)(C)F)[C@H]1C. The van der Waals surface area contributed by atoms with Gasteiger partial charge in [0.25, 0.3) is 0 Å². The summed E-state index contributed by atoms with van der Waals surface area (Å²) >= 11 is 0. The van der Waals surface area contributed by atoms with Gasteiger partial charge in [0.2, 0.25) is 14.3 Å². The maximum absolute atomic E-state index is 15.7. The zero-order valence-electron chi connectivity index (χ0n) is 22.2. The number of nitrogens with zero attached hydrogens (tertiary/aromatic N) is 3. The van der Waals surface area contributed by atoms with Crippen molar-refractivity contribution >= 4 is 20.0 Å². The molecule has 0 radical (unpaired) electrons. The Labute approximate surface area is 219 Å². The number of aliphatic hydroxyl groups excluding tert-OH is 1. The Balaban J connectivity index is 1.51. The number of hydrogen-bond donors (Lipinski definition) is 3. The monoisotopic (exact) mass is 533 g/mol. The molecule has 1 saturated heterocycles. The largest absolute Gasteiger partial charge is 0.490 e. The number of carbonyl (C=O) groups is 1. The lowest BCUT2D eigenvalue weighted by atomic mass is 9.86.